The van der Waals surface area contributed by atoms with Gasteiger partial charge in [0.1, 0.15) is 11.5 Å². The first-order chi connectivity index (χ1) is 14.1. The van der Waals surface area contributed by atoms with Gasteiger partial charge in [0.15, 0.2) is 0 Å². The average molecular weight is 412 g/mol. The van der Waals surface area contributed by atoms with E-state index in [0.29, 0.717) is 12.8 Å². The molecule has 4 rings (SSSR count). The van der Waals surface area contributed by atoms with E-state index in [0.717, 1.165) is 30.2 Å². The summed E-state index contributed by atoms with van der Waals surface area (Å²) in [6.07, 6.45) is 1.32. The lowest BCUT2D eigenvalue weighted by molar-refractivity contribution is -0.143. The first-order valence-corrected chi connectivity index (χ1v) is 10.6. The molecule has 0 amide bonds. The van der Waals surface area contributed by atoms with Crippen LogP contribution in [0.15, 0.2) is 48.5 Å². The van der Waals surface area contributed by atoms with Crippen LogP contribution in [-0.4, -0.2) is 43.3 Å². The molecule has 1 unspecified atom stereocenters. The zero-order valence-corrected chi connectivity index (χ0v) is 17.4. The van der Waals surface area contributed by atoms with Crippen molar-refractivity contribution in [2.24, 2.45) is 5.92 Å². The molecule has 0 radical (unpaired) electrons. The largest absolute Gasteiger partial charge is 0.497 e. The molecule has 0 spiro atoms. The highest BCUT2D eigenvalue weighted by molar-refractivity contribution is 7.19. The Labute approximate surface area is 174 Å². The molecule has 1 aliphatic rings. The number of carboxylic acids is 1. The number of likely N-dealkylation sites (tertiary alicyclic amines) is 1. The minimum Gasteiger partial charge on any atom is -0.497 e. The summed E-state index contributed by atoms with van der Waals surface area (Å²) in [6, 6.07) is 16.6. The van der Waals surface area contributed by atoms with E-state index in [4.69, 9.17) is 9.47 Å². The second-order valence-corrected chi connectivity index (χ2v) is 8.46. The van der Waals surface area contributed by atoms with Crippen molar-refractivity contribution in [2.75, 3.05) is 27.3 Å². The standard InChI is InChI=1S/C23H25NO4S/c1-27-17-7-8-18(19(14-17)28-2)22(24-11-9-15(10-12-24)23(25)26)21-13-16-5-3-4-6-20(16)29-21/h3-8,13-15,22H,9-12H2,1-2H3,(H,25,26). The summed E-state index contributed by atoms with van der Waals surface area (Å²) in [5.41, 5.74) is 1.08. The molecular weight excluding hydrogens is 386 g/mol. The minimum atomic E-state index is -0.690. The molecule has 1 aromatic heterocycles. The van der Waals surface area contributed by atoms with Gasteiger partial charge in [-0.1, -0.05) is 18.2 Å². The van der Waals surface area contributed by atoms with Crippen molar-refractivity contribution in [3.05, 3.63) is 59.0 Å². The summed E-state index contributed by atoms with van der Waals surface area (Å²) in [5.74, 6) is 0.592. The van der Waals surface area contributed by atoms with Gasteiger partial charge < -0.3 is 14.6 Å². The van der Waals surface area contributed by atoms with Crippen LogP contribution in [0.2, 0.25) is 0 Å². The molecule has 1 aliphatic heterocycles. The Morgan fingerprint density at radius 2 is 1.86 bits per heavy atom. The van der Waals surface area contributed by atoms with Gasteiger partial charge in [-0.15, -0.1) is 11.3 Å². The van der Waals surface area contributed by atoms with Crippen LogP contribution in [0.5, 0.6) is 11.5 Å². The van der Waals surface area contributed by atoms with E-state index < -0.39 is 5.97 Å². The van der Waals surface area contributed by atoms with Crippen molar-refractivity contribution in [2.45, 2.75) is 18.9 Å². The minimum absolute atomic E-state index is 0.0167. The quantitative estimate of drug-likeness (QED) is 0.631. The predicted octanol–water partition coefficient (Wildman–Crippen LogP) is 4.80. The van der Waals surface area contributed by atoms with Gasteiger partial charge in [0.25, 0.3) is 0 Å². The Bertz CT molecular complexity index is 974. The first-order valence-electron chi connectivity index (χ1n) is 9.78. The van der Waals surface area contributed by atoms with E-state index in [1.165, 1.54) is 15.0 Å². The lowest BCUT2D eigenvalue weighted by atomic mass is 9.93. The number of aliphatic carboxylic acids is 1. The van der Waals surface area contributed by atoms with Crippen molar-refractivity contribution >= 4 is 27.4 Å². The highest BCUT2D eigenvalue weighted by Gasteiger charge is 2.32. The molecule has 3 aromatic rings. The Hall–Kier alpha value is -2.57. The summed E-state index contributed by atoms with van der Waals surface area (Å²) in [5, 5.41) is 10.6. The van der Waals surface area contributed by atoms with Crippen molar-refractivity contribution in [3.8, 4) is 11.5 Å². The van der Waals surface area contributed by atoms with E-state index in [2.05, 4.69) is 41.3 Å². The molecule has 1 atom stereocenters. The van der Waals surface area contributed by atoms with Crippen LogP contribution in [0, 0.1) is 5.92 Å². The number of rotatable bonds is 6. The molecule has 2 heterocycles. The Morgan fingerprint density at radius 3 is 2.52 bits per heavy atom. The first kappa shape index (κ1) is 19.7. The third-order valence-corrected chi connectivity index (χ3v) is 6.86. The number of methoxy groups -OCH3 is 2. The summed E-state index contributed by atoms with van der Waals surface area (Å²) in [7, 11) is 3.32. The third-order valence-electron chi connectivity index (χ3n) is 5.69. The zero-order valence-electron chi connectivity index (χ0n) is 16.6. The van der Waals surface area contributed by atoms with E-state index in [1.807, 2.05) is 12.1 Å². The molecule has 152 valence electrons. The highest BCUT2D eigenvalue weighted by Crippen LogP contribution is 2.42. The Balaban J connectivity index is 1.76. The number of carboxylic acid groups (broad SMARTS) is 1. The van der Waals surface area contributed by atoms with Gasteiger partial charge in [0.2, 0.25) is 0 Å². The Morgan fingerprint density at radius 1 is 1.10 bits per heavy atom. The molecule has 0 bridgehead atoms. The smallest absolute Gasteiger partial charge is 0.306 e. The highest BCUT2D eigenvalue weighted by atomic mass is 32.1. The van der Waals surface area contributed by atoms with Gasteiger partial charge in [-0.25, -0.2) is 0 Å². The summed E-state index contributed by atoms with van der Waals surface area (Å²) >= 11 is 1.79. The van der Waals surface area contributed by atoms with Gasteiger partial charge >= 0.3 is 5.97 Å². The fourth-order valence-electron chi connectivity index (χ4n) is 4.12. The average Bonchev–Trinajstić information content (AvgIpc) is 3.18. The third kappa shape index (κ3) is 3.95. The van der Waals surface area contributed by atoms with Crippen LogP contribution in [0.4, 0.5) is 0 Å². The van der Waals surface area contributed by atoms with E-state index in [1.54, 1.807) is 25.6 Å². The van der Waals surface area contributed by atoms with E-state index in [9.17, 15) is 9.90 Å². The second-order valence-electron chi connectivity index (χ2n) is 7.35. The van der Waals surface area contributed by atoms with Crippen molar-refractivity contribution in [1.82, 2.24) is 4.90 Å². The summed E-state index contributed by atoms with van der Waals surface area (Å²) in [4.78, 5) is 15.0. The van der Waals surface area contributed by atoms with Crippen molar-refractivity contribution in [1.29, 1.82) is 0 Å². The molecule has 1 saturated heterocycles. The van der Waals surface area contributed by atoms with Gasteiger partial charge in [-0.2, -0.15) is 0 Å². The monoisotopic (exact) mass is 411 g/mol. The fourth-order valence-corrected chi connectivity index (χ4v) is 5.33. The molecule has 0 saturated carbocycles. The van der Waals surface area contributed by atoms with Gasteiger partial charge in [-0.05, 0) is 55.6 Å². The van der Waals surface area contributed by atoms with Crippen molar-refractivity contribution < 1.29 is 19.4 Å². The SMILES string of the molecule is COc1ccc(C(c2cc3ccccc3s2)N2CCC(C(=O)O)CC2)c(OC)c1. The lowest BCUT2D eigenvalue weighted by Crippen LogP contribution is -2.39. The number of carbonyl (C=O) groups is 1. The number of hydrogen-bond acceptors (Lipinski definition) is 5. The maximum Gasteiger partial charge on any atom is 0.306 e. The molecule has 1 N–H and O–H groups in total. The topological polar surface area (TPSA) is 59.0 Å². The van der Waals surface area contributed by atoms with Gasteiger partial charge in [-0.3, -0.25) is 9.69 Å². The lowest BCUT2D eigenvalue weighted by Gasteiger charge is -2.37. The number of hydrogen-bond donors (Lipinski definition) is 1. The maximum absolute atomic E-state index is 11.4. The fraction of sp³-hybridized carbons (Fsp3) is 0.348. The molecule has 6 heteroatoms. The predicted molar refractivity (Wildman–Crippen MR) is 115 cm³/mol. The summed E-state index contributed by atoms with van der Waals surface area (Å²) in [6.45, 7) is 1.48. The molecular formula is C23H25NO4S. The second kappa shape index (κ2) is 8.43. The maximum atomic E-state index is 11.4. The number of ether oxygens (including phenoxy) is 2. The number of piperidine rings is 1. The van der Waals surface area contributed by atoms with Crippen LogP contribution in [-0.2, 0) is 4.79 Å². The van der Waals surface area contributed by atoms with E-state index >= 15 is 0 Å². The molecule has 1 fully saturated rings. The van der Waals surface area contributed by atoms with Crippen LogP contribution < -0.4 is 9.47 Å². The van der Waals surface area contributed by atoms with Crippen LogP contribution in [0.3, 0.4) is 0 Å². The number of benzene rings is 2. The van der Waals surface area contributed by atoms with Crippen LogP contribution >= 0.6 is 11.3 Å². The summed E-state index contributed by atoms with van der Waals surface area (Å²) < 4.78 is 12.3. The number of thiophene rings is 1. The van der Waals surface area contributed by atoms with Crippen LogP contribution in [0.25, 0.3) is 10.1 Å². The zero-order chi connectivity index (χ0) is 20.4. The van der Waals surface area contributed by atoms with Gasteiger partial charge in [0, 0.05) is 21.2 Å². The number of fused-ring (bicyclic) bond motifs is 1. The molecule has 2 aromatic carbocycles. The molecule has 0 aliphatic carbocycles. The molecule has 29 heavy (non-hydrogen) atoms. The molecule has 5 nitrogen and oxygen atoms in total. The van der Waals surface area contributed by atoms with Crippen LogP contribution in [0.1, 0.15) is 29.3 Å². The Kier molecular flexibility index (Phi) is 5.74. The number of nitrogens with zero attached hydrogens (tertiary/aromatic N) is 1. The normalized spacial score (nSPS) is 16.6. The van der Waals surface area contributed by atoms with Gasteiger partial charge in [0.05, 0.1) is 26.2 Å². The van der Waals surface area contributed by atoms with E-state index in [-0.39, 0.29) is 12.0 Å². The van der Waals surface area contributed by atoms with Crippen molar-refractivity contribution in [3.63, 3.8) is 0 Å².